The summed E-state index contributed by atoms with van der Waals surface area (Å²) in [4.78, 5) is 2.48. The van der Waals surface area contributed by atoms with Crippen LogP contribution in [-0.4, -0.2) is 32.4 Å². The Hall–Kier alpha value is -0.450. The number of nitrogens with one attached hydrogen (secondary N) is 1. The van der Waals surface area contributed by atoms with Gasteiger partial charge in [0, 0.05) is 39.1 Å². The molecule has 3 rings (SSSR count). The van der Waals surface area contributed by atoms with Gasteiger partial charge < -0.3 is 5.73 Å². The Morgan fingerprint density at radius 1 is 1.12 bits per heavy atom. The fraction of sp³-hybridized carbons (Fsp3) is 0.294. The molecule has 0 spiro atoms. The van der Waals surface area contributed by atoms with Crippen molar-refractivity contribution in [3.8, 4) is 0 Å². The third-order valence-corrected chi connectivity index (χ3v) is 7.47. The lowest BCUT2D eigenvalue weighted by Gasteiger charge is -2.18. The third-order valence-electron chi connectivity index (χ3n) is 4.29. The predicted octanol–water partition coefficient (Wildman–Crippen LogP) is 4.11. The highest BCUT2D eigenvalue weighted by atomic mass is 79.9. The molecule has 0 radical (unpaired) electrons. The second-order valence-corrected chi connectivity index (χ2v) is 10.7. The molecule has 0 aliphatic carbocycles. The molecule has 0 amide bonds. The van der Waals surface area contributed by atoms with Gasteiger partial charge in [-0.2, -0.15) is 0 Å². The first-order chi connectivity index (χ1) is 12.2. The van der Waals surface area contributed by atoms with E-state index in [0.717, 1.165) is 31.9 Å². The highest BCUT2D eigenvalue weighted by molar-refractivity contribution is 9.11. The molecule has 9 heteroatoms. The van der Waals surface area contributed by atoms with Crippen LogP contribution in [-0.2, 0) is 16.6 Å². The van der Waals surface area contributed by atoms with Crippen molar-refractivity contribution in [2.45, 2.75) is 23.9 Å². The zero-order chi connectivity index (χ0) is 18.9. The summed E-state index contributed by atoms with van der Waals surface area (Å²) < 4.78 is 30.5. The summed E-state index contributed by atoms with van der Waals surface area (Å²) in [6, 6.07) is 10.4. The largest absolute Gasteiger partial charge is 0.398 e. The molecule has 0 saturated carbocycles. The summed E-state index contributed by atoms with van der Waals surface area (Å²) in [6.45, 7) is 2.15. The lowest BCUT2D eigenvalue weighted by Crippen LogP contribution is -2.37. The van der Waals surface area contributed by atoms with E-state index in [0.29, 0.717) is 18.8 Å². The SMILES string of the molecule is Nc1c(Br)cc(Br)cc1CN1CC[C@@H](NS(=O)(=O)c2ccc(Br)cc2)C1. The maximum Gasteiger partial charge on any atom is 0.240 e. The Balaban J connectivity index is 1.65. The van der Waals surface area contributed by atoms with Gasteiger partial charge in [-0.05, 0) is 64.3 Å². The molecule has 26 heavy (non-hydrogen) atoms. The zero-order valence-corrected chi connectivity index (χ0v) is 19.3. The molecule has 0 bridgehead atoms. The molecule has 1 saturated heterocycles. The number of hydrogen-bond donors (Lipinski definition) is 2. The number of likely N-dealkylation sites (tertiary alicyclic amines) is 1. The van der Waals surface area contributed by atoms with Crippen LogP contribution in [0.2, 0.25) is 0 Å². The van der Waals surface area contributed by atoms with Gasteiger partial charge in [-0.1, -0.05) is 31.9 Å². The summed E-state index contributed by atoms with van der Waals surface area (Å²) in [5, 5.41) is 0. The molecule has 1 atom stereocenters. The quantitative estimate of drug-likeness (QED) is 0.533. The highest BCUT2D eigenvalue weighted by Crippen LogP contribution is 2.30. The summed E-state index contributed by atoms with van der Waals surface area (Å²) >= 11 is 10.3. The van der Waals surface area contributed by atoms with Crippen molar-refractivity contribution in [3.05, 3.63) is 55.4 Å². The van der Waals surface area contributed by atoms with Gasteiger partial charge in [-0.3, -0.25) is 4.90 Å². The minimum atomic E-state index is -3.52. The van der Waals surface area contributed by atoms with Crippen LogP contribution < -0.4 is 10.5 Å². The molecule has 1 fully saturated rings. The summed E-state index contributed by atoms with van der Waals surface area (Å²) in [5.74, 6) is 0. The van der Waals surface area contributed by atoms with E-state index in [-0.39, 0.29) is 10.9 Å². The van der Waals surface area contributed by atoms with Crippen LogP contribution in [0.4, 0.5) is 5.69 Å². The number of halogens is 3. The smallest absolute Gasteiger partial charge is 0.240 e. The van der Waals surface area contributed by atoms with Gasteiger partial charge in [0.2, 0.25) is 10.0 Å². The van der Waals surface area contributed by atoms with E-state index >= 15 is 0 Å². The predicted molar refractivity (Wildman–Crippen MR) is 114 cm³/mol. The Labute approximate surface area is 178 Å². The molecule has 1 heterocycles. The van der Waals surface area contributed by atoms with Crippen LogP contribution in [0, 0.1) is 0 Å². The van der Waals surface area contributed by atoms with Crippen molar-refractivity contribution in [3.63, 3.8) is 0 Å². The molecule has 3 N–H and O–H groups in total. The van der Waals surface area contributed by atoms with Crippen LogP contribution in [0.3, 0.4) is 0 Å². The molecular weight excluding hydrogens is 550 g/mol. The maximum absolute atomic E-state index is 12.5. The molecule has 0 aromatic heterocycles. The van der Waals surface area contributed by atoms with Gasteiger partial charge >= 0.3 is 0 Å². The number of benzene rings is 2. The van der Waals surface area contributed by atoms with Gasteiger partial charge in [-0.25, -0.2) is 13.1 Å². The molecule has 2 aromatic rings. The van der Waals surface area contributed by atoms with Gasteiger partial charge in [0.05, 0.1) is 10.6 Å². The summed E-state index contributed by atoms with van der Waals surface area (Å²) in [7, 11) is -3.52. The van der Waals surface area contributed by atoms with Crippen LogP contribution in [0.1, 0.15) is 12.0 Å². The number of hydrogen-bond acceptors (Lipinski definition) is 4. The number of anilines is 1. The van der Waals surface area contributed by atoms with Gasteiger partial charge in [-0.15, -0.1) is 0 Å². The first-order valence-corrected chi connectivity index (χ1v) is 11.8. The second-order valence-electron chi connectivity index (χ2n) is 6.26. The first-order valence-electron chi connectivity index (χ1n) is 7.98. The second kappa shape index (κ2) is 8.28. The van der Waals surface area contributed by atoms with Crippen LogP contribution in [0.25, 0.3) is 0 Å². The van der Waals surface area contributed by atoms with Crippen molar-refractivity contribution in [2.75, 3.05) is 18.8 Å². The van der Waals surface area contributed by atoms with Crippen molar-refractivity contribution < 1.29 is 8.42 Å². The van der Waals surface area contributed by atoms with Crippen molar-refractivity contribution in [1.29, 1.82) is 0 Å². The van der Waals surface area contributed by atoms with E-state index in [1.807, 2.05) is 12.1 Å². The molecule has 1 aliphatic heterocycles. The molecule has 5 nitrogen and oxygen atoms in total. The van der Waals surface area contributed by atoms with Gasteiger partial charge in [0.15, 0.2) is 0 Å². The fourth-order valence-corrected chi connectivity index (χ4v) is 5.82. The number of nitrogen functional groups attached to an aromatic ring is 1. The molecule has 140 valence electrons. The Morgan fingerprint density at radius 3 is 2.50 bits per heavy atom. The van der Waals surface area contributed by atoms with Crippen LogP contribution in [0.15, 0.2) is 54.7 Å². The standard InChI is InChI=1S/C17H18Br3N3O2S/c18-12-1-3-15(4-2-12)26(24,25)22-14-5-6-23(10-14)9-11-7-13(19)8-16(20)17(11)21/h1-4,7-8,14,22H,5-6,9-10,21H2/t14-/m1/s1. The lowest BCUT2D eigenvalue weighted by molar-refractivity contribution is 0.325. The van der Waals surface area contributed by atoms with E-state index in [4.69, 9.17) is 5.73 Å². The van der Waals surface area contributed by atoms with Crippen LogP contribution >= 0.6 is 47.8 Å². The normalized spacial score (nSPS) is 18.3. The van der Waals surface area contributed by atoms with E-state index in [1.54, 1.807) is 24.3 Å². The minimum Gasteiger partial charge on any atom is -0.398 e. The van der Waals surface area contributed by atoms with E-state index < -0.39 is 10.0 Å². The lowest BCUT2D eigenvalue weighted by atomic mass is 10.2. The average molecular weight is 568 g/mol. The Kier molecular flexibility index (Phi) is 6.46. The minimum absolute atomic E-state index is 0.111. The fourth-order valence-electron chi connectivity index (χ4n) is 2.98. The molecular formula is C17H18Br3N3O2S. The van der Waals surface area contributed by atoms with Crippen LogP contribution in [0.5, 0.6) is 0 Å². The summed E-state index contributed by atoms with van der Waals surface area (Å²) in [5.41, 5.74) is 7.88. The van der Waals surface area contributed by atoms with Crippen molar-refractivity contribution in [2.24, 2.45) is 0 Å². The third kappa shape index (κ3) is 4.88. The number of sulfonamides is 1. The zero-order valence-electron chi connectivity index (χ0n) is 13.8. The molecule has 0 unspecified atom stereocenters. The maximum atomic E-state index is 12.5. The van der Waals surface area contributed by atoms with Crippen molar-refractivity contribution >= 4 is 63.5 Å². The van der Waals surface area contributed by atoms with Gasteiger partial charge in [0.25, 0.3) is 0 Å². The Morgan fingerprint density at radius 2 is 1.81 bits per heavy atom. The average Bonchev–Trinajstić information content (AvgIpc) is 2.99. The monoisotopic (exact) mass is 565 g/mol. The number of rotatable bonds is 5. The van der Waals surface area contributed by atoms with E-state index in [2.05, 4.69) is 57.4 Å². The Bertz CT molecular complexity index is 904. The number of nitrogens with zero attached hydrogens (tertiary/aromatic N) is 1. The van der Waals surface area contributed by atoms with Crippen molar-refractivity contribution in [1.82, 2.24) is 9.62 Å². The molecule has 2 aromatic carbocycles. The first kappa shape index (κ1) is 20.3. The molecule has 1 aliphatic rings. The number of nitrogens with two attached hydrogens (primary N) is 1. The topological polar surface area (TPSA) is 75.4 Å². The highest BCUT2D eigenvalue weighted by Gasteiger charge is 2.27. The van der Waals surface area contributed by atoms with E-state index in [9.17, 15) is 8.42 Å². The van der Waals surface area contributed by atoms with E-state index in [1.165, 1.54) is 0 Å². The van der Waals surface area contributed by atoms with Gasteiger partial charge in [0.1, 0.15) is 0 Å². The summed E-state index contributed by atoms with van der Waals surface area (Å²) in [6.07, 6.45) is 0.769.